The molecule has 220 valence electrons. The number of rotatable bonds is 7. The number of nitrogens with zero attached hydrogens (tertiary/aromatic N) is 3. The second-order valence-electron chi connectivity index (χ2n) is 11.0. The molecule has 2 aliphatic rings. The normalized spacial score (nSPS) is 17.0. The monoisotopic (exact) mass is 576 g/mol. The fourth-order valence-electron chi connectivity index (χ4n) is 5.57. The zero-order chi connectivity index (χ0) is 29.6. The Morgan fingerprint density at radius 3 is 2.40 bits per heavy atom. The van der Waals surface area contributed by atoms with Gasteiger partial charge in [-0.1, -0.05) is 66.7 Å². The van der Waals surface area contributed by atoms with Gasteiger partial charge >= 0.3 is 6.03 Å². The van der Waals surface area contributed by atoms with E-state index in [-0.39, 0.29) is 23.8 Å². The third kappa shape index (κ3) is 7.02. The van der Waals surface area contributed by atoms with Gasteiger partial charge in [0.1, 0.15) is 5.82 Å². The van der Waals surface area contributed by atoms with Crippen molar-refractivity contribution in [2.24, 2.45) is 0 Å². The molecule has 1 aromatic heterocycles. The Morgan fingerprint density at radius 1 is 0.860 bits per heavy atom. The van der Waals surface area contributed by atoms with Crippen LogP contribution in [-0.2, 0) is 11.3 Å². The van der Waals surface area contributed by atoms with Crippen molar-refractivity contribution in [1.82, 2.24) is 20.1 Å². The van der Waals surface area contributed by atoms with Crippen LogP contribution < -0.4 is 16.4 Å². The second-order valence-corrected chi connectivity index (χ2v) is 11.0. The first-order valence-corrected chi connectivity index (χ1v) is 14.7. The van der Waals surface area contributed by atoms with Crippen LogP contribution in [0.2, 0.25) is 0 Å². The fraction of sp³-hybridized carbons (Fsp3) is 0.265. The summed E-state index contributed by atoms with van der Waals surface area (Å²) >= 11 is 0. The van der Waals surface area contributed by atoms with Crippen molar-refractivity contribution in [3.63, 3.8) is 0 Å². The predicted molar refractivity (Wildman–Crippen MR) is 169 cm³/mol. The van der Waals surface area contributed by atoms with Crippen LogP contribution in [0.5, 0.6) is 0 Å². The van der Waals surface area contributed by atoms with Crippen LogP contribution in [0.4, 0.5) is 16.3 Å². The van der Waals surface area contributed by atoms with Crippen molar-refractivity contribution in [3.05, 3.63) is 102 Å². The molecule has 4 aromatic rings. The largest absolute Gasteiger partial charge is 0.383 e. The van der Waals surface area contributed by atoms with Crippen LogP contribution in [-0.4, -0.2) is 72.2 Å². The SMILES string of the molecule is Nc1ncc(-c2ccc(CN3CCOCC3)cc2)cc1C(=O)NC1CCN(C(=O)Nc2cccc(-c3ccccc3)c2)C1. The zero-order valence-electron chi connectivity index (χ0n) is 24.0. The van der Waals surface area contributed by atoms with Crippen LogP contribution in [0.3, 0.4) is 0 Å². The van der Waals surface area contributed by atoms with E-state index in [2.05, 4.69) is 32.7 Å². The quantitative estimate of drug-likeness (QED) is 0.290. The summed E-state index contributed by atoms with van der Waals surface area (Å²) in [4.78, 5) is 34.7. The third-order valence-electron chi connectivity index (χ3n) is 7.99. The number of carbonyl (C=O) groups is 2. The minimum absolute atomic E-state index is 0.177. The average Bonchev–Trinajstić information content (AvgIpc) is 3.51. The first-order chi connectivity index (χ1) is 21.0. The van der Waals surface area contributed by atoms with E-state index >= 15 is 0 Å². The van der Waals surface area contributed by atoms with E-state index in [0.717, 1.165) is 60.8 Å². The lowest BCUT2D eigenvalue weighted by Crippen LogP contribution is -2.40. The van der Waals surface area contributed by atoms with Gasteiger partial charge in [-0.25, -0.2) is 9.78 Å². The molecule has 43 heavy (non-hydrogen) atoms. The number of benzene rings is 3. The summed E-state index contributed by atoms with van der Waals surface area (Å²) in [5.41, 5.74) is 12.3. The molecule has 3 aromatic carbocycles. The molecule has 0 aliphatic carbocycles. The molecule has 1 atom stereocenters. The van der Waals surface area contributed by atoms with Gasteiger partial charge in [0.25, 0.3) is 5.91 Å². The number of anilines is 2. The Labute approximate surface area is 251 Å². The van der Waals surface area contributed by atoms with Gasteiger partial charge in [0, 0.05) is 56.2 Å². The third-order valence-corrected chi connectivity index (χ3v) is 7.99. The molecule has 0 radical (unpaired) electrons. The molecular formula is C34H36N6O3. The van der Waals surface area contributed by atoms with Crippen LogP contribution >= 0.6 is 0 Å². The molecular weight excluding hydrogens is 540 g/mol. The van der Waals surface area contributed by atoms with E-state index < -0.39 is 0 Å². The number of pyridine rings is 1. The number of amides is 3. The summed E-state index contributed by atoms with van der Waals surface area (Å²) in [5, 5.41) is 6.05. The molecule has 4 N–H and O–H groups in total. The maximum absolute atomic E-state index is 13.3. The molecule has 2 fully saturated rings. The number of carbonyl (C=O) groups excluding carboxylic acids is 2. The first kappa shape index (κ1) is 28.4. The molecule has 3 amide bonds. The van der Waals surface area contributed by atoms with Gasteiger partial charge in [0.05, 0.1) is 18.8 Å². The lowest BCUT2D eigenvalue weighted by Gasteiger charge is -2.26. The topological polar surface area (TPSA) is 113 Å². The highest BCUT2D eigenvalue weighted by Gasteiger charge is 2.28. The highest BCUT2D eigenvalue weighted by molar-refractivity contribution is 5.99. The fourth-order valence-corrected chi connectivity index (χ4v) is 5.57. The van der Waals surface area contributed by atoms with E-state index in [9.17, 15) is 9.59 Å². The molecule has 1 unspecified atom stereocenters. The van der Waals surface area contributed by atoms with Crippen molar-refractivity contribution in [3.8, 4) is 22.3 Å². The van der Waals surface area contributed by atoms with Gasteiger partial charge in [-0.15, -0.1) is 0 Å². The number of nitrogens with one attached hydrogen (secondary N) is 2. The number of nitrogen functional groups attached to an aromatic ring is 1. The summed E-state index contributed by atoms with van der Waals surface area (Å²) in [6.07, 6.45) is 2.35. The Morgan fingerprint density at radius 2 is 1.60 bits per heavy atom. The molecule has 0 bridgehead atoms. The van der Waals surface area contributed by atoms with Crippen LogP contribution in [0.15, 0.2) is 91.1 Å². The van der Waals surface area contributed by atoms with Crippen molar-refractivity contribution in [2.45, 2.75) is 19.0 Å². The first-order valence-electron chi connectivity index (χ1n) is 14.7. The lowest BCUT2D eigenvalue weighted by atomic mass is 10.0. The summed E-state index contributed by atoms with van der Waals surface area (Å²) in [5.74, 6) is -0.116. The molecule has 2 saturated heterocycles. The molecule has 3 heterocycles. The Balaban J connectivity index is 1.05. The summed E-state index contributed by atoms with van der Waals surface area (Å²) in [6.45, 7) is 5.26. The van der Waals surface area contributed by atoms with Gasteiger partial charge in [-0.05, 0) is 46.9 Å². The predicted octanol–water partition coefficient (Wildman–Crippen LogP) is 4.87. The number of ether oxygens (including phenoxy) is 1. The molecule has 6 rings (SSSR count). The second kappa shape index (κ2) is 13.1. The minimum Gasteiger partial charge on any atom is -0.383 e. The molecule has 0 spiro atoms. The summed E-state index contributed by atoms with van der Waals surface area (Å²) in [6, 6.07) is 27.5. The van der Waals surface area contributed by atoms with E-state index in [4.69, 9.17) is 10.5 Å². The van der Waals surface area contributed by atoms with E-state index in [1.54, 1.807) is 17.2 Å². The van der Waals surface area contributed by atoms with E-state index in [1.165, 1.54) is 5.56 Å². The molecule has 9 heteroatoms. The van der Waals surface area contributed by atoms with Crippen LogP contribution in [0.25, 0.3) is 22.3 Å². The van der Waals surface area contributed by atoms with E-state index in [1.807, 2.05) is 66.7 Å². The van der Waals surface area contributed by atoms with Crippen molar-refractivity contribution in [1.29, 1.82) is 0 Å². The zero-order valence-corrected chi connectivity index (χ0v) is 24.0. The maximum atomic E-state index is 13.3. The number of aromatic nitrogens is 1. The number of hydrogen-bond donors (Lipinski definition) is 3. The van der Waals surface area contributed by atoms with Crippen molar-refractivity contribution in [2.75, 3.05) is 50.4 Å². The highest BCUT2D eigenvalue weighted by Crippen LogP contribution is 2.25. The Hall–Kier alpha value is -4.73. The van der Waals surface area contributed by atoms with Crippen LogP contribution in [0.1, 0.15) is 22.3 Å². The summed E-state index contributed by atoms with van der Waals surface area (Å²) < 4.78 is 5.44. The van der Waals surface area contributed by atoms with Gasteiger partial charge in [0.2, 0.25) is 0 Å². The molecule has 0 saturated carbocycles. The van der Waals surface area contributed by atoms with Crippen molar-refractivity contribution < 1.29 is 14.3 Å². The van der Waals surface area contributed by atoms with Crippen LogP contribution in [0, 0.1) is 0 Å². The van der Waals surface area contributed by atoms with Gasteiger partial charge in [0.15, 0.2) is 0 Å². The van der Waals surface area contributed by atoms with E-state index in [0.29, 0.717) is 25.1 Å². The summed E-state index contributed by atoms with van der Waals surface area (Å²) in [7, 11) is 0. The number of nitrogens with two attached hydrogens (primary N) is 1. The standard InChI is InChI=1S/C34H36N6O3/c35-32-31(20-28(21-36-32)26-11-9-24(10-12-26)22-39-15-17-43-18-16-39)33(41)37-30-13-14-40(23-30)34(42)38-29-8-4-7-27(19-29)25-5-2-1-3-6-25/h1-12,19-21,30H,13-18,22-23H2,(H2,35,36)(H,37,41)(H,38,42). The number of hydrogen-bond acceptors (Lipinski definition) is 6. The smallest absolute Gasteiger partial charge is 0.321 e. The van der Waals surface area contributed by atoms with Gasteiger partial charge in [-0.3, -0.25) is 9.69 Å². The van der Waals surface area contributed by atoms with Gasteiger partial charge in [-0.2, -0.15) is 0 Å². The Kier molecular flexibility index (Phi) is 8.62. The van der Waals surface area contributed by atoms with Crippen molar-refractivity contribution >= 4 is 23.4 Å². The number of urea groups is 1. The lowest BCUT2D eigenvalue weighted by molar-refractivity contribution is 0.0342. The Bertz CT molecular complexity index is 1570. The highest BCUT2D eigenvalue weighted by atomic mass is 16.5. The maximum Gasteiger partial charge on any atom is 0.321 e. The minimum atomic E-state index is -0.293. The molecule has 9 nitrogen and oxygen atoms in total. The average molecular weight is 577 g/mol. The number of morpholine rings is 1. The molecule has 2 aliphatic heterocycles. The van der Waals surface area contributed by atoms with Gasteiger partial charge < -0.3 is 26.0 Å². The number of likely N-dealkylation sites (tertiary alicyclic amines) is 1.